The molecule has 6 heteroatoms. The van der Waals surface area contributed by atoms with E-state index in [9.17, 15) is 13.6 Å². The van der Waals surface area contributed by atoms with E-state index in [1.165, 1.54) is 6.07 Å². The van der Waals surface area contributed by atoms with Crippen molar-refractivity contribution < 1.29 is 13.6 Å². The van der Waals surface area contributed by atoms with E-state index in [2.05, 4.69) is 10.4 Å². The standard InChI is InChI=1S/C16H19F2N3O/c1-10(13-9-19-21(3)11(13)2)20-16(22)7-5-12-4-6-14(17)15(18)8-12/h4,6,8-10H,5,7H2,1-3H3,(H,20,22)/t10-/m1/s1. The highest BCUT2D eigenvalue weighted by Crippen LogP contribution is 2.16. The summed E-state index contributed by atoms with van der Waals surface area (Å²) in [5.41, 5.74) is 2.55. The number of amides is 1. The quantitative estimate of drug-likeness (QED) is 0.923. The van der Waals surface area contributed by atoms with Crippen molar-refractivity contribution in [2.75, 3.05) is 0 Å². The number of aryl methyl sites for hydroxylation is 2. The maximum absolute atomic E-state index is 13.1. The van der Waals surface area contributed by atoms with Crippen LogP contribution in [0.25, 0.3) is 0 Å². The minimum absolute atomic E-state index is 0.138. The predicted octanol–water partition coefficient (Wildman–Crippen LogP) is 2.82. The predicted molar refractivity (Wildman–Crippen MR) is 79.2 cm³/mol. The van der Waals surface area contributed by atoms with Gasteiger partial charge in [0.05, 0.1) is 12.2 Å². The average molecular weight is 307 g/mol. The Hall–Kier alpha value is -2.24. The number of benzene rings is 1. The molecule has 2 aromatic rings. The van der Waals surface area contributed by atoms with Crippen LogP contribution in [-0.4, -0.2) is 15.7 Å². The van der Waals surface area contributed by atoms with Gasteiger partial charge in [0.2, 0.25) is 5.91 Å². The molecule has 0 fully saturated rings. The zero-order valence-corrected chi connectivity index (χ0v) is 12.9. The smallest absolute Gasteiger partial charge is 0.220 e. The van der Waals surface area contributed by atoms with Crippen molar-refractivity contribution >= 4 is 5.91 Å². The first-order valence-corrected chi connectivity index (χ1v) is 7.10. The fourth-order valence-corrected chi connectivity index (χ4v) is 2.29. The van der Waals surface area contributed by atoms with Crippen molar-refractivity contribution in [3.05, 3.63) is 52.9 Å². The molecule has 4 nitrogen and oxygen atoms in total. The monoisotopic (exact) mass is 307 g/mol. The zero-order valence-electron chi connectivity index (χ0n) is 12.9. The summed E-state index contributed by atoms with van der Waals surface area (Å²) in [6, 6.07) is 3.54. The summed E-state index contributed by atoms with van der Waals surface area (Å²) in [5, 5.41) is 7.03. The normalized spacial score (nSPS) is 12.2. The molecule has 1 atom stereocenters. The molecule has 0 spiro atoms. The Labute approximate surface area is 128 Å². The Bertz CT molecular complexity index is 682. The topological polar surface area (TPSA) is 46.9 Å². The van der Waals surface area contributed by atoms with Crippen molar-refractivity contribution in [3.8, 4) is 0 Å². The number of nitrogens with one attached hydrogen (secondary N) is 1. The van der Waals surface area contributed by atoms with E-state index in [0.717, 1.165) is 23.4 Å². The van der Waals surface area contributed by atoms with Crippen LogP contribution in [0.3, 0.4) is 0 Å². The van der Waals surface area contributed by atoms with E-state index in [0.29, 0.717) is 12.0 Å². The first kappa shape index (κ1) is 16.1. The molecule has 0 aliphatic heterocycles. The van der Waals surface area contributed by atoms with Crippen LogP contribution in [-0.2, 0) is 18.3 Å². The summed E-state index contributed by atoms with van der Waals surface area (Å²) in [6.45, 7) is 3.83. The van der Waals surface area contributed by atoms with Crippen LogP contribution in [0.15, 0.2) is 24.4 Å². The lowest BCUT2D eigenvalue weighted by atomic mass is 10.1. The first-order chi connectivity index (χ1) is 10.4. The van der Waals surface area contributed by atoms with Gasteiger partial charge < -0.3 is 5.32 Å². The second kappa shape index (κ2) is 6.68. The Morgan fingerprint density at radius 1 is 1.36 bits per heavy atom. The van der Waals surface area contributed by atoms with Gasteiger partial charge in [-0.25, -0.2) is 8.78 Å². The van der Waals surface area contributed by atoms with Gasteiger partial charge in [-0.1, -0.05) is 6.07 Å². The molecule has 0 aliphatic rings. The number of nitrogens with zero attached hydrogens (tertiary/aromatic N) is 2. The minimum atomic E-state index is -0.891. The summed E-state index contributed by atoms with van der Waals surface area (Å²) < 4.78 is 27.7. The second-order valence-electron chi connectivity index (χ2n) is 5.35. The molecule has 118 valence electrons. The molecule has 22 heavy (non-hydrogen) atoms. The molecule has 2 rings (SSSR count). The Morgan fingerprint density at radius 2 is 2.09 bits per heavy atom. The van der Waals surface area contributed by atoms with Gasteiger partial charge in [-0.2, -0.15) is 5.10 Å². The molecule has 0 aliphatic carbocycles. The highest BCUT2D eigenvalue weighted by molar-refractivity contribution is 5.76. The highest BCUT2D eigenvalue weighted by atomic mass is 19.2. The lowest BCUT2D eigenvalue weighted by molar-refractivity contribution is -0.121. The van der Waals surface area contributed by atoms with E-state index in [1.54, 1.807) is 10.9 Å². The number of hydrogen-bond acceptors (Lipinski definition) is 2. The number of carbonyl (C=O) groups is 1. The minimum Gasteiger partial charge on any atom is -0.349 e. The van der Waals surface area contributed by atoms with Gasteiger partial charge in [-0.15, -0.1) is 0 Å². The van der Waals surface area contributed by atoms with Crippen LogP contribution in [0.2, 0.25) is 0 Å². The molecule has 0 bridgehead atoms. The van der Waals surface area contributed by atoms with Crippen LogP contribution >= 0.6 is 0 Å². The third-order valence-electron chi connectivity index (χ3n) is 3.74. The zero-order chi connectivity index (χ0) is 16.3. The van der Waals surface area contributed by atoms with Gasteiger partial charge >= 0.3 is 0 Å². The molecule has 1 N–H and O–H groups in total. The van der Waals surface area contributed by atoms with Crippen LogP contribution in [0, 0.1) is 18.6 Å². The fraction of sp³-hybridized carbons (Fsp3) is 0.375. The van der Waals surface area contributed by atoms with Crippen molar-refractivity contribution in [1.29, 1.82) is 0 Å². The highest BCUT2D eigenvalue weighted by Gasteiger charge is 2.14. The number of hydrogen-bond donors (Lipinski definition) is 1. The third-order valence-corrected chi connectivity index (χ3v) is 3.74. The Kier molecular flexibility index (Phi) is 4.90. The number of aromatic nitrogens is 2. The molecule has 1 aromatic heterocycles. The molecule has 0 radical (unpaired) electrons. The van der Waals surface area contributed by atoms with E-state index >= 15 is 0 Å². The summed E-state index contributed by atoms with van der Waals surface area (Å²) in [4.78, 5) is 12.0. The van der Waals surface area contributed by atoms with Crippen LogP contribution < -0.4 is 5.32 Å². The largest absolute Gasteiger partial charge is 0.349 e. The number of halogens is 2. The van der Waals surface area contributed by atoms with Crippen LogP contribution in [0.4, 0.5) is 8.78 Å². The lowest BCUT2D eigenvalue weighted by Gasteiger charge is -2.13. The van der Waals surface area contributed by atoms with Crippen molar-refractivity contribution in [2.45, 2.75) is 32.7 Å². The van der Waals surface area contributed by atoms with Gasteiger partial charge in [0.1, 0.15) is 0 Å². The van der Waals surface area contributed by atoms with Crippen molar-refractivity contribution in [3.63, 3.8) is 0 Å². The van der Waals surface area contributed by atoms with E-state index in [4.69, 9.17) is 0 Å². The van der Waals surface area contributed by atoms with Crippen molar-refractivity contribution in [1.82, 2.24) is 15.1 Å². The fourth-order valence-electron chi connectivity index (χ4n) is 2.29. The summed E-state index contributed by atoms with van der Waals surface area (Å²) in [5.74, 6) is -1.91. The van der Waals surface area contributed by atoms with E-state index in [-0.39, 0.29) is 18.4 Å². The molecule has 0 saturated carbocycles. The Morgan fingerprint density at radius 3 is 2.68 bits per heavy atom. The lowest BCUT2D eigenvalue weighted by Crippen LogP contribution is -2.27. The molecule has 1 heterocycles. The van der Waals surface area contributed by atoms with Crippen LogP contribution in [0.5, 0.6) is 0 Å². The van der Waals surface area contributed by atoms with Crippen molar-refractivity contribution in [2.24, 2.45) is 7.05 Å². The molecule has 0 saturated heterocycles. The third kappa shape index (κ3) is 3.69. The maximum atomic E-state index is 13.1. The van der Waals surface area contributed by atoms with Gasteiger partial charge in [-0.05, 0) is 38.0 Å². The number of rotatable bonds is 5. The summed E-state index contributed by atoms with van der Waals surface area (Å²) in [6.07, 6.45) is 2.31. The van der Waals surface area contributed by atoms with Gasteiger partial charge in [-0.3, -0.25) is 9.48 Å². The Balaban J connectivity index is 1.90. The van der Waals surface area contributed by atoms with Gasteiger partial charge in [0.25, 0.3) is 0 Å². The summed E-state index contributed by atoms with van der Waals surface area (Å²) in [7, 11) is 1.84. The van der Waals surface area contributed by atoms with E-state index < -0.39 is 11.6 Å². The SMILES string of the molecule is Cc1c([C@@H](C)NC(=O)CCc2ccc(F)c(F)c2)cnn1C. The molecule has 0 unspecified atom stereocenters. The van der Waals surface area contributed by atoms with Gasteiger partial charge in [0.15, 0.2) is 11.6 Å². The molecule has 1 amide bonds. The van der Waals surface area contributed by atoms with Gasteiger partial charge in [0, 0.05) is 24.7 Å². The molecule has 1 aromatic carbocycles. The second-order valence-corrected chi connectivity index (χ2v) is 5.35. The van der Waals surface area contributed by atoms with E-state index in [1.807, 2.05) is 20.9 Å². The first-order valence-electron chi connectivity index (χ1n) is 7.10. The van der Waals surface area contributed by atoms with Crippen LogP contribution in [0.1, 0.15) is 36.2 Å². The molecular weight excluding hydrogens is 288 g/mol. The average Bonchev–Trinajstić information content (AvgIpc) is 2.80. The summed E-state index contributed by atoms with van der Waals surface area (Å²) >= 11 is 0. The maximum Gasteiger partial charge on any atom is 0.220 e. The number of carbonyl (C=O) groups excluding carboxylic acids is 1. The molecular formula is C16H19F2N3O.